The van der Waals surface area contributed by atoms with Gasteiger partial charge in [-0.1, -0.05) is 11.2 Å². The molecule has 0 saturated heterocycles. The fourth-order valence-corrected chi connectivity index (χ4v) is 4.25. The van der Waals surface area contributed by atoms with E-state index in [0.29, 0.717) is 5.56 Å². The molecule has 1 heterocycles. The van der Waals surface area contributed by atoms with E-state index in [9.17, 15) is 13.2 Å². The Morgan fingerprint density at radius 3 is 2.57 bits per heavy atom. The maximum atomic E-state index is 12.4. The zero-order chi connectivity index (χ0) is 21.7. The molecule has 0 aliphatic rings. The minimum atomic E-state index is -3.43. The summed E-state index contributed by atoms with van der Waals surface area (Å²) in [5, 5.41) is 9.71. The first-order valence-corrected chi connectivity index (χ1v) is 11.6. The second-order valence-corrected chi connectivity index (χ2v) is 10.1. The first kappa shape index (κ1) is 21.8. The average molecular weight is 448 g/mol. The van der Waals surface area contributed by atoms with Crippen molar-refractivity contribution in [2.45, 2.75) is 28.9 Å². The molecule has 0 spiro atoms. The molecule has 10 heteroatoms. The molecule has 0 aliphatic heterocycles. The fourth-order valence-electron chi connectivity index (χ4n) is 2.44. The van der Waals surface area contributed by atoms with Gasteiger partial charge in [-0.3, -0.25) is 10.1 Å². The summed E-state index contributed by atoms with van der Waals surface area (Å²) < 4.78 is 35.3. The third kappa shape index (κ3) is 5.19. The number of sulfone groups is 1. The number of hydrogen-bond acceptors (Lipinski definition) is 8. The number of methoxy groups -OCH3 is 1. The molecule has 1 N–H and O–H groups in total. The highest BCUT2D eigenvalue weighted by atomic mass is 32.2. The van der Waals surface area contributed by atoms with Crippen molar-refractivity contribution < 1.29 is 22.4 Å². The molecule has 158 valence electrons. The number of carbonyl (C=O) groups excluding carboxylic acids is 1. The minimum absolute atomic E-state index is 0.0533. The molecule has 3 aromatic rings. The van der Waals surface area contributed by atoms with E-state index in [0.717, 1.165) is 10.6 Å². The number of nitrogens with one attached hydrogen (secondary N) is 1. The zero-order valence-corrected chi connectivity index (χ0v) is 18.3. The fraction of sp³-hybridized carbons (Fsp3) is 0.250. The molecule has 0 atom stereocenters. The van der Waals surface area contributed by atoms with E-state index >= 15 is 0 Å². The van der Waals surface area contributed by atoms with E-state index in [-0.39, 0.29) is 28.5 Å². The Bertz CT molecular complexity index is 1130. The van der Waals surface area contributed by atoms with Crippen LogP contribution in [0.2, 0.25) is 0 Å². The number of aromatic nitrogens is 2. The lowest BCUT2D eigenvalue weighted by molar-refractivity contribution is -0.113. The quantitative estimate of drug-likeness (QED) is 0.521. The van der Waals surface area contributed by atoms with Gasteiger partial charge in [-0.15, -0.1) is 16.9 Å². The van der Waals surface area contributed by atoms with Crippen LogP contribution in [-0.4, -0.2) is 42.6 Å². The SMILES string of the molecule is COc1ccc(SCC(=O)Nc2nnc(-c3cccc(S(=O)(=O)C(C)C)c3)o2)cc1. The van der Waals surface area contributed by atoms with Crippen molar-refractivity contribution in [3.05, 3.63) is 48.5 Å². The van der Waals surface area contributed by atoms with E-state index in [4.69, 9.17) is 9.15 Å². The van der Waals surface area contributed by atoms with Gasteiger partial charge < -0.3 is 9.15 Å². The maximum Gasteiger partial charge on any atom is 0.322 e. The lowest BCUT2D eigenvalue weighted by Gasteiger charge is -2.08. The van der Waals surface area contributed by atoms with E-state index in [1.807, 2.05) is 24.3 Å². The Balaban J connectivity index is 1.64. The van der Waals surface area contributed by atoms with Crippen LogP contribution in [0.1, 0.15) is 13.8 Å². The van der Waals surface area contributed by atoms with Crippen molar-refractivity contribution in [3.8, 4) is 17.2 Å². The number of carbonyl (C=O) groups is 1. The molecule has 0 bridgehead atoms. The molecule has 0 radical (unpaired) electrons. The number of anilines is 1. The van der Waals surface area contributed by atoms with Crippen molar-refractivity contribution in [2.75, 3.05) is 18.2 Å². The third-order valence-corrected chi connectivity index (χ3v) is 7.30. The molecule has 0 unspecified atom stereocenters. The lowest BCUT2D eigenvalue weighted by Crippen LogP contribution is -2.14. The van der Waals surface area contributed by atoms with Gasteiger partial charge in [0.1, 0.15) is 5.75 Å². The molecule has 30 heavy (non-hydrogen) atoms. The van der Waals surface area contributed by atoms with E-state index in [1.165, 1.54) is 23.9 Å². The van der Waals surface area contributed by atoms with Crippen LogP contribution in [0.4, 0.5) is 6.01 Å². The first-order valence-electron chi connectivity index (χ1n) is 9.04. The summed E-state index contributed by atoms with van der Waals surface area (Å²) in [5.74, 6) is 0.718. The van der Waals surface area contributed by atoms with Crippen LogP contribution < -0.4 is 10.1 Å². The number of rotatable bonds is 8. The van der Waals surface area contributed by atoms with Crippen LogP contribution in [0.3, 0.4) is 0 Å². The number of ether oxygens (including phenoxy) is 1. The van der Waals surface area contributed by atoms with Crippen molar-refractivity contribution in [3.63, 3.8) is 0 Å². The number of hydrogen-bond donors (Lipinski definition) is 1. The standard InChI is InChI=1S/C20H21N3O5S2/c1-13(2)30(25,26)17-6-4-5-14(11-17)19-22-23-20(28-19)21-18(24)12-29-16-9-7-15(27-3)8-10-16/h4-11,13H,12H2,1-3H3,(H,21,23,24). The molecular formula is C20H21N3O5S2. The van der Waals surface area contributed by atoms with Crippen molar-refractivity contribution in [1.29, 1.82) is 0 Å². The average Bonchev–Trinajstić information content (AvgIpc) is 3.21. The maximum absolute atomic E-state index is 12.4. The summed E-state index contributed by atoms with van der Waals surface area (Å²) in [6.07, 6.45) is 0. The predicted octanol–water partition coefficient (Wildman–Crippen LogP) is 3.66. The minimum Gasteiger partial charge on any atom is -0.497 e. The summed E-state index contributed by atoms with van der Waals surface area (Å²) in [4.78, 5) is 13.2. The molecule has 2 aromatic carbocycles. The van der Waals surface area contributed by atoms with Gasteiger partial charge in [0.25, 0.3) is 0 Å². The van der Waals surface area contributed by atoms with E-state index < -0.39 is 15.1 Å². The van der Waals surface area contributed by atoms with Crippen molar-refractivity contribution in [2.24, 2.45) is 0 Å². The summed E-state index contributed by atoms with van der Waals surface area (Å²) in [6, 6.07) is 13.6. The van der Waals surface area contributed by atoms with Crippen LogP contribution in [0.15, 0.2) is 62.7 Å². The van der Waals surface area contributed by atoms with Crippen LogP contribution in [0.5, 0.6) is 5.75 Å². The summed E-state index contributed by atoms with van der Waals surface area (Å²) in [6.45, 7) is 3.23. The predicted molar refractivity (Wildman–Crippen MR) is 114 cm³/mol. The summed E-state index contributed by atoms with van der Waals surface area (Å²) >= 11 is 1.35. The first-order chi connectivity index (χ1) is 14.3. The number of amides is 1. The van der Waals surface area contributed by atoms with Crippen LogP contribution in [-0.2, 0) is 14.6 Å². The molecule has 3 rings (SSSR count). The lowest BCUT2D eigenvalue weighted by atomic mass is 10.2. The van der Waals surface area contributed by atoms with Crippen LogP contribution in [0.25, 0.3) is 11.5 Å². The Morgan fingerprint density at radius 1 is 1.17 bits per heavy atom. The van der Waals surface area contributed by atoms with Crippen molar-refractivity contribution >= 4 is 33.5 Å². The van der Waals surface area contributed by atoms with Gasteiger partial charge in [0.15, 0.2) is 9.84 Å². The molecule has 0 aliphatic carbocycles. The highest BCUT2D eigenvalue weighted by molar-refractivity contribution is 8.00. The monoisotopic (exact) mass is 447 g/mol. The summed E-state index contributed by atoms with van der Waals surface area (Å²) in [7, 11) is -1.84. The Labute approximate surface area is 179 Å². The topological polar surface area (TPSA) is 111 Å². The van der Waals surface area contributed by atoms with Gasteiger partial charge in [-0.2, -0.15) is 0 Å². The van der Waals surface area contributed by atoms with Gasteiger partial charge in [0.2, 0.25) is 11.8 Å². The molecule has 0 fully saturated rings. The number of nitrogens with zero attached hydrogens (tertiary/aromatic N) is 2. The number of thioether (sulfide) groups is 1. The van der Waals surface area contributed by atoms with Gasteiger partial charge >= 0.3 is 6.01 Å². The Morgan fingerprint density at radius 2 is 1.90 bits per heavy atom. The Kier molecular flexibility index (Phi) is 6.78. The number of benzene rings is 2. The van der Waals surface area contributed by atoms with E-state index in [2.05, 4.69) is 15.5 Å². The molecular weight excluding hydrogens is 426 g/mol. The van der Waals surface area contributed by atoms with Crippen LogP contribution >= 0.6 is 11.8 Å². The summed E-state index contributed by atoms with van der Waals surface area (Å²) in [5.41, 5.74) is 0.456. The second-order valence-electron chi connectivity index (χ2n) is 6.55. The highest BCUT2D eigenvalue weighted by Crippen LogP contribution is 2.25. The Hall–Kier alpha value is -2.85. The smallest absolute Gasteiger partial charge is 0.322 e. The normalized spacial score (nSPS) is 11.5. The molecule has 8 nitrogen and oxygen atoms in total. The van der Waals surface area contributed by atoms with Gasteiger partial charge in [0, 0.05) is 10.5 Å². The van der Waals surface area contributed by atoms with E-state index in [1.54, 1.807) is 33.1 Å². The van der Waals surface area contributed by atoms with Crippen molar-refractivity contribution in [1.82, 2.24) is 10.2 Å². The largest absolute Gasteiger partial charge is 0.497 e. The zero-order valence-electron chi connectivity index (χ0n) is 16.7. The molecule has 0 saturated carbocycles. The highest BCUT2D eigenvalue weighted by Gasteiger charge is 2.20. The van der Waals surface area contributed by atoms with Gasteiger partial charge in [-0.25, -0.2) is 8.42 Å². The molecule has 1 aromatic heterocycles. The van der Waals surface area contributed by atoms with Crippen LogP contribution in [0, 0.1) is 0 Å². The van der Waals surface area contributed by atoms with Gasteiger partial charge in [-0.05, 0) is 56.3 Å². The molecule has 1 amide bonds. The second kappa shape index (κ2) is 9.31. The third-order valence-electron chi connectivity index (χ3n) is 4.13. The van der Waals surface area contributed by atoms with Gasteiger partial charge in [0.05, 0.1) is 23.0 Å².